The molecular weight excluding hydrogens is 456 g/mol. The summed E-state index contributed by atoms with van der Waals surface area (Å²) >= 11 is 7.44. The van der Waals surface area contributed by atoms with Crippen LogP contribution < -0.4 is 5.32 Å². The number of thioether (sulfide) groups is 1. The summed E-state index contributed by atoms with van der Waals surface area (Å²) in [4.78, 5) is 21.6. The molecule has 0 bridgehead atoms. The first kappa shape index (κ1) is 22.9. The molecule has 168 valence electrons. The van der Waals surface area contributed by atoms with E-state index in [-0.39, 0.29) is 11.6 Å². The van der Waals surface area contributed by atoms with E-state index in [2.05, 4.69) is 32.5 Å². The van der Waals surface area contributed by atoms with Crippen molar-refractivity contribution in [2.24, 2.45) is 0 Å². The number of carbonyl (C=O) groups excluding carboxylic acids is 1. The number of carbonyl (C=O) groups is 1. The second kappa shape index (κ2) is 11.1. The minimum atomic E-state index is -0.318. The van der Waals surface area contributed by atoms with Crippen LogP contribution in [0, 0.1) is 0 Å². The predicted molar refractivity (Wildman–Crippen MR) is 131 cm³/mol. The van der Waals surface area contributed by atoms with Crippen LogP contribution in [-0.2, 0) is 12.2 Å². The maximum Gasteiger partial charge on any atom is 0.278 e. The molecule has 0 atom stereocenters. The highest BCUT2D eigenvalue weighted by Gasteiger charge is 2.21. The molecule has 0 saturated heterocycles. The lowest BCUT2D eigenvalue weighted by Crippen LogP contribution is -2.15. The fraction of sp³-hybridized carbons (Fsp3) is 0.208. The topological polar surface area (TPSA) is 85.6 Å². The number of halogens is 1. The molecule has 0 aliphatic heterocycles. The minimum Gasteiger partial charge on any atom is -0.321 e. The molecule has 1 amide bonds. The van der Waals surface area contributed by atoms with Gasteiger partial charge in [0, 0.05) is 28.9 Å². The zero-order chi connectivity index (χ0) is 23.0. The Bertz CT molecular complexity index is 1200. The number of nitrogens with zero attached hydrogens (tertiary/aromatic N) is 5. The molecule has 33 heavy (non-hydrogen) atoms. The highest BCUT2D eigenvalue weighted by molar-refractivity contribution is 7.98. The normalized spacial score (nSPS) is 10.8. The Morgan fingerprint density at radius 1 is 1.06 bits per heavy atom. The first-order valence-corrected chi connectivity index (χ1v) is 12.0. The molecule has 1 N–H and O–H groups in total. The summed E-state index contributed by atoms with van der Waals surface area (Å²) in [6, 6.07) is 16.9. The average molecular weight is 479 g/mol. The lowest BCUT2D eigenvalue weighted by molar-refractivity contribution is 0.102. The number of anilines is 1. The van der Waals surface area contributed by atoms with Crippen molar-refractivity contribution in [3.05, 3.63) is 89.0 Å². The van der Waals surface area contributed by atoms with Crippen molar-refractivity contribution in [1.29, 1.82) is 0 Å². The Labute approximate surface area is 201 Å². The van der Waals surface area contributed by atoms with Gasteiger partial charge in [-0.25, -0.2) is 14.6 Å². The second-order valence-electron chi connectivity index (χ2n) is 7.35. The summed E-state index contributed by atoms with van der Waals surface area (Å²) < 4.78 is 1.65. The van der Waals surface area contributed by atoms with Gasteiger partial charge < -0.3 is 5.32 Å². The van der Waals surface area contributed by atoms with E-state index in [1.54, 1.807) is 35.3 Å². The Kier molecular flexibility index (Phi) is 7.70. The first-order valence-electron chi connectivity index (χ1n) is 10.6. The summed E-state index contributed by atoms with van der Waals surface area (Å²) in [5.41, 5.74) is 3.63. The van der Waals surface area contributed by atoms with Crippen LogP contribution in [0.1, 0.15) is 41.5 Å². The van der Waals surface area contributed by atoms with Crippen LogP contribution in [0.2, 0.25) is 5.02 Å². The average Bonchev–Trinajstić information content (AvgIpc) is 3.27. The standard InChI is InChI=1S/C24H23ClN6OS/c1-2-3-5-17-6-10-19(11-7-17)28-23(32)22-21(16-33-24-26-14-4-15-27-24)31(30-29-22)20-12-8-18(25)9-13-20/h4,6-15H,2-3,5,16H2,1H3,(H,28,32). The van der Waals surface area contributed by atoms with Crippen molar-refractivity contribution >= 4 is 35.0 Å². The Balaban J connectivity index is 1.58. The lowest BCUT2D eigenvalue weighted by Gasteiger charge is -2.09. The summed E-state index contributed by atoms with van der Waals surface area (Å²) in [7, 11) is 0. The van der Waals surface area contributed by atoms with E-state index < -0.39 is 0 Å². The molecule has 0 aliphatic carbocycles. The lowest BCUT2D eigenvalue weighted by atomic mass is 10.1. The van der Waals surface area contributed by atoms with Crippen molar-refractivity contribution in [2.45, 2.75) is 37.1 Å². The van der Waals surface area contributed by atoms with E-state index in [0.29, 0.717) is 27.3 Å². The molecule has 9 heteroatoms. The monoisotopic (exact) mass is 478 g/mol. The zero-order valence-electron chi connectivity index (χ0n) is 18.1. The van der Waals surface area contributed by atoms with E-state index in [0.717, 1.165) is 24.9 Å². The quantitative estimate of drug-likeness (QED) is 0.249. The molecule has 0 radical (unpaired) electrons. The Morgan fingerprint density at radius 2 is 1.79 bits per heavy atom. The van der Waals surface area contributed by atoms with Gasteiger partial charge in [0.05, 0.1) is 11.4 Å². The Hall–Kier alpha value is -3.23. The minimum absolute atomic E-state index is 0.253. The number of unbranched alkanes of at least 4 members (excludes halogenated alkanes) is 1. The van der Waals surface area contributed by atoms with Crippen LogP contribution in [-0.4, -0.2) is 30.9 Å². The number of rotatable bonds is 9. The number of hydrogen-bond acceptors (Lipinski definition) is 6. The number of nitrogens with one attached hydrogen (secondary N) is 1. The predicted octanol–water partition coefficient (Wildman–Crippen LogP) is 5.60. The zero-order valence-corrected chi connectivity index (χ0v) is 19.7. The number of benzene rings is 2. The van der Waals surface area contributed by atoms with E-state index in [9.17, 15) is 4.79 Å². The van der Waals surface area contributed by atoms with Crippen molar-refractivity contribution < 1.29 is 4.79 Å². The van der Waals surface area contributed by atoms with Crippen LogP contribution in [0.25, 0.3) is 5.69 Å². The van der Waals surface area contributed by atoms with E-state index in [1.165, 1.54) is 17.3 Å². The molecular formula is C24H23ClN6OS. The summed E-state index contributed by atoms with van der Waals surface area (Å²) in [6.07, 6.45) is 6.69. The van der Waals surface area contributed by atoms with Gasteiger partial charge in [-0.2, -0.15) is 0 Å². The van der Waals surface area contributed by atoms with E-state index >= 15 is 0 Å². The van der Waals surface area contributed by atoms with E-state index in [4.69, 9.17) is 11.6 Å². The largest absolute Gasteiger partial charge is 0.321 e. The van der Waals surface area contributed by atoms with E-state index in [1.807, 2.05) is 36.4 Å². The third-order valence-corrected chi connectivity index (χ3v) is 6.10. The number of hydrogen-bond donors (Lipinski definition) is 1. The van der Waals surface area contributed by atoms with Crippen molar-refractivity contribution in [1.82, 2.24) is 25.0 Å². The molecule has 0 spiro atoms. The molecule has 0 fully saturated rings. The van der Waals surface area contributed by atoms with Gasteiger partial charge in [-0.05, 0) is 60.9 Å². The molecule has 2 aromatic heterocycles. The van der Waals surface area contributed by atoms with Crippen LogP contribution in [0.4, 0.5) is 5.69 Å². The number of amides is 1. The number of aromatic nitrogens is 5. The molecule has 2 aromatic carbocycles. The van der Waals surface area contributed by atoms with Gasteiger partial charge in [0.1, 0.15) is 0 Å². The molecule has 0 saturated carbocycles. The fourth-order valence-corrected chi connectivity index (χ4v) is 4.14. The van der Waals surface area contributed by atoms with Crippen LogP contribution in [0.15, 0.2) is 72.1 Å². The van der Waals surface area contributed by atoms with Crippen LogP contribution >= 0.6 is 23.4 Å². The van der Waals surface area contributed by atoms with Crippen molar-refractivity contribution in [2.75, 3.05) is 5.32 Å². The summed E-state index contributed by atoms with van der Waals surface area (Å²) in [6.45, 7) is 2.17. The highest BCUT2D eigenvalue weighted by Crippen LogP contribution is 2.24. The van der Waals surface area contributed by atoms with Gasteiger partial charge in [0.25, 0.3) is 5.91 Å². The molecule has 0 unspecified atom stereocenters. The summed E-state index contributed by atoms with van der Waals surface area (Å²) in [5, 5.41) is 12.6. The van der Waals surface area contributed by atoms with Crippen molar-refractivity contribution in [3.8, 4) is 5.69 Å². The first-order chi connectivity index (χ1) is 16.1. The summed E-state index contributed by atoms with van der Waals surface area (Å²) in [5.74, 6) is 0.0966. The molecule has 2 heterocycles. The fourth-order valence-electron chi connectivity index (χ4n) is 3.22. The number of aryl methyl sites for hydroxylation is 1. The second-order valence-corrected chi connectivity index (χ2v) is 8.73. The van der Waals surface area contributed by atoms with Gasteiger partial charge in [-0.1, -0.05) is 54.1 Å². The van der Waals surface area contributed by atoms with Gasteiger partial charge in [-0.3, -0.25) is 4.79 Å². The third kappa shape index (κ3) is 5.97. The maximum absolute atomic E-state index is 13.1. The molecule has 4 rings (SSSR count). The smallest absolute Gasteiger partial charge is 0.278 e. The van der Waals surface area contributed by atoms with Gasteiger partial charge in [0.2, 0.25) is 0 Å². The molecule has 7 nitrogen and oxygen atoms in total. The highest BCUT2D eigenvalue weighted by atomic mass is 35.5. The molecule has 0 aliphatic rings. The van der Waals surface area contributed by atoms with Gasteiger partial charge in [-0.15, -0.1) is 5.10 Å². The maximum atomic E-state index is 13.1. The van der Waals surface area contributed by atoms with Crippen molar-refractivity contribution in [3.63, 3.8) is 0 Å². The third-order valence-electron chi connectivity index (χ3n) is 4.96. The van der Waals surface area contributed by atoms with Gasteiger partial charge in [0.15, 0.2) is 10.9 Å². The van der Waals surface area contributed by atoms with Crippen LogP contribution in [0.5, 0.6) is 0 Å². The Morgan fingerprint density at radius 3 is 2.48 bits per heavy atom. The molecule has 4 aromatic rings. The SMILES string of the molecule is CCCCc1ccc(NC(=O)c2nnn(-c3ccc(Cl)cc3)c2CSc2ncccn2)cc1. The van der Waals surface area contributed by atoms with Gasteiger partial charge >= 0.3 is 0 Å². The van der Waals surface area contributed by atoms with Crippen LogP contribution in [0.3, 0.4) is 0 Å².